The van der Waals surface area contributed by atoms with Gasteiger partial charge < -0.3 is 10.1 Å². The van der Waals surface area contributed by atoms with Gasteiger partial charge in [-0.05, 0) is 25.0 Å². The van der Waals surface area contributed by atoms with Gasteiger partial charge in [-0.2, -0.15) is 4.31 Å². The maximum atomic E-state index is 12.7. The highest BCUT2D eigenvalue weighted by molar-refractivity contribution is 7.89. The Morgan fingerprint density at radius 1 is 1.10 bits per heavy atom. The van der Waals surface area contributed by atoms with Gasteiger partial charge in [-0.3, -0.25) is 4.79 Å². The summed E-state index contributed by atoms with van der Waals surface area (Å²) in [6.07, 6.45) is 5.33. The van der Waals surface area contributed by atoms with Crippen LogP contribution in [-0.4, -0.2) is 49.9 Å². The number of carbonyl (C=O) groups is 1. The van der Waals surface area contributed by atoms with Gasteiger partial charge in [-0.15, -0.1) is 11.3 Å². The SMILES string of the molecule is O=C(Nc1nc(-c2ccc(S(=O)(=O)N3CCOCC3)cc2)cs1)C1CCCCC1. The quantitative estimate of drug-likeness (QED) is 0.778. The molecule has 2 aliphatic rings. The lowest BCUT2D eigenvalue weighted by Gasteiger charge is -2.26. The van der Waals surface area contributed by atoms with E-state index in [0.29, 0.717) is 31.4 Å². The number of sulfonamides is 1. The standard InChI is InChI=1S/C20H25N3O4S2/c24-19(16-4-2-1-3-5-16)22-20-21-18(14-28-20)15-6-8-17(9-7-15)29(25,26)23-10-12-27-13-11-23/h6-9,14,16H,1-5,10-13H2,(H,21,22,24). The van der Waals surface area contributed by atoms with Crippen LogP contribution in [0.5, 0.6) is 0 Å². The summed E-state index contributed by atoms with van der Waals surface area (Å²) >= 11 is 1.39. The predicted molar refractivity (Wildman–Crippen MR) is 112 cm³/mol. The molecule has 9 heteroatoms. The van der Waals surface area contributed by atoms with Gasteiger partial charge in [0.05, 0.1) is 23.8 Å². The van der Waals surface area contributed by atoms with Crippen molar-refractivity contribution in [1.82, 2.24) is 9.29 Å². The second-order valence-electron chi connectivity index (χ2n) is 7.40. The number of carbonyl (C=O) groups excluding carboxylic acids is 1. The van der Waals surface area contributed by atoms with Crippen molar-refractivity contribution >= 4 is 32.4 Å². The number of rotatable bonds is 5. The number of aromatic nitrogens is 1. The number of nitrogens with zero attached hydrogens (tertiary/aromatic N) is 2. The number of morpholine rings is 1. The molecule has 7 nitrogen and oxygen atoms in total. The summed E-state index contributed by atoms with van der Waals surface area (Å²) in [5, 5.41) is 5.40. The van der Waals surface area contributed by atoms with Crippen LogP contribution < -0.4 is 5.32 Å². The molecule has 4 rings (SSSR count). The first-order valence-corrected chi connectivity index (χ1v) is 12.3. The van der Waals surface area contributed by atoms with Crippen molar-refractivity contribution in [2.45, 2.75) is 37.0 Å². The molecule has 1 aliphatic carbocycles. The minimum absolute atomic E-state index is 0.0533. The van der Waals surface area contributed by atoms with Crippen LogP contribution in [0.3, 0.4) is 0 Å². The molecule has 0 radical (unpaired) electrons. The molecule has 1 aromatic heterocycles. The Balaban J connectivity index is 1.43. The number of nitrogens with one attached hydrogen (secondary N) is 1. The van der Waals surface area contributed by atoms with E-state index in [2.05, 4.69) is 10.3 Å². The highest BCUT2D eigenvalue weighted by atomic mass is 32.2. The average molecular weight is 436 g/mol. The van der Waals surface area contributed by atoms with Gasteiger partial charge in [0.25, 0.3) is 0 Å². The molecule has 2 aromatic rings. The fourth-order valence-electron chi connectivity index (χ4n) is 3.77. The van der Waals surface area contributed by atoms with E-state index in [9.17, 15) is 13.2 Å². The van der Waals surface area contributed by atoms with Crippen LogP contribution in [0, 0.1) is 5.92 Å². The van der Waals surface area contributed by atoms with Gasteiger partial charge in [0.1, 0.15) is 0 Å². The first-order valence-electron chi connectivity index (χ1n) is 9.99. The second kappa shape index (κ2) is 8.91. The van der Waals surface area contributed by atoms with Crippen LogP contribution in [0.4, 0.5) is 5.13 Å². The maximum absolute atomic E-state index is 12.7. The fourth-order valence-corrected chi connectivity index (χ4v) is 5.90. The molecule has 156 valence electrons. The summed E-state index contributed by atoms with van der Waals surface area (Å²) in [6, 6.07) is 6.74. The molecule has 2 heterocycles. The van der Waals surface area contributed by atoms with Crippen molar-refractivity contribution in [3.05, 3.63) is 29.6 Å². The van der Waals surface area contributed by atoms with E-state index < -0.39 is 10.0 Å². The largest absolute Gasteiger partial charge is 0.379 e. The van der Waals surface area contributed by atoms with Crippen LogP contribution >= 0.6 is 11.3 Å². The molecule has 0 unspecified atom stereocenters. The normalized spacial score (nSPS) is 19.2. The highest BCUT2D eigenvalue weighted by Gasteiger charge is 2.26. The summed E-state index contributed by atoms with van der Waals surface area (Å²) in [4.78, 5) is 17.2. The monoisotopic (exact) mass is 435 g/mol. The van der Waals surface area contributed by atoms with E-state index >= 15 is 0 Å². The molecule has 0 bridgehead atoms. The molecule has 0 atom stereocenters. The third-order valence-corrected chi connectivity index (χ3v) is 8.14. The number of anilines is 1. The van der Waals surface area contributed by atoms with Gasteiger partial charge in [0.2, 0.25) is 15.9 Å². The third-order valence-electron chi connectivity index (χ3n) is 5.47. The van der Waals surface area contributed by atoms with Crippen molar-refractivity contribution in [2.75, 3.05) is 31.6 Å². The van der Waals surface area contributed by atoms with Crippen LogP contribution in [0.15, 0.2) is 34.5 Å². The van der Waals surface area contributed by atoms with Gasteiger partial charge in [-0.1, -0.05) is 31.4 Å². The third kappa shape index (κ3) is 4.69. The minimum atomic E-state index is -3.51. The van der Waals surface area contributed by atoms with Crippen molar-refractivity contribution in [2.24, 2.45) is 5.92 Å². The van der Waals surface area contributed by atoms with E-state index in [1.807, 2.05) is 5.38 Å². The summed E-state index contributed by atoms with van der Waals surface area (Å²) in [5.74, 6) is 0.137. The van der Waals surface area contributed by atoms with Crippen molar-refractivity contribution in [3.63, 3.8) is 0 Å². The van der Waals surface area contributed by atoms with Crippen molar-refractivity contribution < 1.29 is 17.9 Å². The smallest absolute Gasteiger partial charge is 0.243 e. The molecule has 1 N–H and O–H groups in total. The van der Waals surface area contributed by atoms with E-state index in [0.717, 1.165) is 36.9 Å². The van der Waals surface area contributed by atoms with Gasteiger partial charge in [-0.25, -0.2) is 13.4 Å². The first kappa shape index (κ1) is 20.5. The Morgan fingerprint density at radius 2 is 1.79 bits per heavy atom. The molecule has 1 amide bonds. The van der Waals surface area contributed by atoms with Gasteiger partial charge in [0, 0.05) is 30.0 Å². The van der Waals surface area contributed by atoms with E-state index in [-0.39, 0.29) is 16.7 Å². The first-order chi connectivity index (χ1) is 14.0. The lowest BCUT2D eigenvalue weighted by atomic mass is 9.89. The minimum Gasteiger partial charge on any atom is -0.379 e. The number of amides is 1. The Kier molecular flexibility index (Phi) is 6.29. The fraction of sp³-hybridized carbons (Fsp3) is 0.500. The van der Waals surface area contributed by atoms with Gasteiger partial charge >= 0.3 is 0 Å². The van der Waals surface area contributed by atoms with Crippen LogP contribution in [0.1, 0.15) is 32.1 Å². The number of thiazole rings is 1. The summed E-state index contributed by atoms with van der Waals surface area (Å²) in [6.45, 7) is 1.59. The molecule has 0 spiro atoms. The Labute approximate surface area is 175 Å². The lowest BCUT2D eigenvalue weighted by Crippen LogP contribution is -2.40. The number of ether oxygens (including phenoxy) is 1. The lowest BCUT2D eigenvalue weighted by molar-refractivity contribution is -0.120. The van der Waals surface area contributed by atoms with Crippen LogP contribution in [0.25, 0.3) is 11.3 Å². The number of hydrogen-bond donors (Lipinski definition) is 1. The Morgan fingerprint density at radius 3 is 2.48 bits per heavy atom. The van der Waals surface area contributed by atoms with Crippen LogP contribution in [0.2, 0.25) is 0 Å². The zero-order valence-electron chi connectivity index (χ0n) is 16.2. The molecule has 1 saturated carbocycles. The predicted octanol–water partition coefficient (Wildman–Crippen LogP) is 3.35. The zero-order valence-corrected chi connectivity index (χ0v) is 17.8. The maximum Gasteiger partial charge on any atom is 0.243 e. The highest BCUT2D eigenvalue weighted by Crippen LogP contribution is 2.29. The Hall–Kier alpha value is -1.81. The molecule has 29 heavy (non-hydrogen) atoms. The van der Waals surface area contributed by atoms with Gasteiger partial charge in [0.15, 0.2) is 5.13 Å². The van der Waals surface area contributed by atoms with Crippen LogP contribution in [-0.2, 0) is 19.6 Å². The summed E-state index contributed by atoms with van der Waals surface area (Å²) in [7, 11) is -3.51. The molecular weight excluding hydrogens is 410 g/mol. The molecule has 1 saturated heterocycles. The van der Waals surface area contributed by atoms with E-state index in [1.165, 1.54) is 22.1 Å². The molecule has 2 fully saturated rings. The van der Waals surface area contributed by atoms with Crippen molar-refractivity contribution in [1.29, 1.82) is 0 Å². The number of benzene rings is 1. The van der Waals surface area contributed by atoms with E-state index in [1.54, 1.807) is 24.3 Å². The summed E-state index contributed by atoms with van der Waals surface area (Å²) < 4.78 is 32.1. The van der Waals surface area contributed by atoms with Crippen molar-refractivity contribution in [3.8, 4) is 11.3 Å². The molecule has 1 aliphatic heterocycles. The second-order valence-corrected chi connectivity index (χ2v) is 10.2. The molecule has 1 aromatic carbocycles. The Bertz CT molecular complexity index is 944. The number of hydrogen-bond acceptors (Lipinski definition) is 6. The summed E-state index contributed by atoms with van der Waals surface area (Å²) in [5.41, 5.74) is 1.55. The zero-order chi connectivity index (χ0) is 20.3. The topological polar surface area (TPSA) is 88.6 Å². The molecular formula is C20H25N3O4S2. The average Bonchev–Trinajstić information content (AvgIpc) is 3.23. The van der Waals surface area contributed by atoms with E-state index in [4.69, 9.17) is 4.74 Å².